The fourth-order valence-corrected chi connectivity index (χ4v) is 3.52. The molecule has 0 aromatic heterocycles. The summed E-state index contributed by atoms with van der Waals surface area (Å²) in [6, 6.07) is 0. The average Bonchev–Trinajstić information content (AvgIpc) is 2.92. The van der Waals surface area contributed by atoms with Gasteiger partial charge in [-0.15, -0.1) is 0 Å². The van der Waals surface area contributed by atoms with Crippen LogP contribution in [0.2, 0.25) is 0 Å². The lowest BCUT2D eigenvalue weighted by atomic mass is 9.67. The number of ether oxygens (including phenoxy) is 1. The van der Waals surface area contributed by atoms with Crippen molar-refractivity contribution in [1.82, 2.24) is 0 Å². The predicted molar refractivity (Wildman–Crippen MR) is 64.6 cm³/mol. The van der Waals surface area contributed by atoms with Gasteiger partial charge in [0.15, 0.2) is 5.41 Å². The topological polar surface area (TPSA) is 26.3 Å². The molecule has 2 nitrogen and oxygen atoms in total. The summed E-state index contributed by atoms with van der Waals surface area (Å²) in [6.07, 6.45) is -8.60. The maximum atomic E-state index is 13.6. The van der Waals surface area contributed by atoms with E-state index in [4.69, 9.17) is 0 Å². The van der Waals surface area contributed by atoms with E-state index in [1.54, 1.807) is 13.8 Å². The molecule has 2 aliphatic carbocycles. The second kappa shape index (κ2) is 5.16. The number of allylic oxidation sites excluding steroid dienone is 2. The van der Waals surface area contributed by atoms with Crippen LogP contribution in [-0.2, 0) is 9.53 Å². The van der Waals surface area contributed by atoms with Gasteiger partial charge in [-0.2, -0.15) is 26.3 Å². The zero-order valence-electron chi connectivity index (χ0n) is 12.0. The van der Waals surface area contributed by atoms with Crippen molar-refractivity contribution >= 4 is 5.97 Å². The van der Waals surface area contributed by atoms with Gasteiger partial charge in [-0.3, -0.25) is 4.79 Å². The summed E-state index contributed by atoms with van der Waals surface area (Å²) in [6.45, 7) is 2.84. The third kappa shape index (κ3) is 2.40. The minimum absolute atomic E-state index is 0.271. The van der Waals surface area contributed by atoms with Crippen LogP contribution < -0.4 is 0 Å². The molecule has 8 heteroatoms. The standard InChI is InChI=1S/C14H16F6O2/c1-7(2)6-22-11(21)12(14(18,19)20)9-4-3-8(5-9)10(12)13(15,16)17/h3-4,7-10H,5-6H2,1-2H3. The highest BCUT2D eigenvalue weighted by molar-refractivity contribution is 5.80. The first-order valence-corrected chi connectivity index (χ1v) is 6.91. The number of hydrogen-bond donors (Lipinski definition) is 0. The van der Waals surface area contributed by atoms with Crippen LogP contribution in [0.25, 0.3) is 0 Å². The molecule has 1 fully saturated rings. The van der Waals surface area contributed by atoms with Crippen molar-refractivity contribution in [3.8, 4) is 0 Å². The second-order valence-corrected chi connectivity index (χ2v) is 6.27. The van der Waals surface area contributed by atoms with Crippen LogP contribution in [0.15, 0.2) is 12.2 Å². The fraction of sp³-hybridized carbons (Fsp3) is 0.786. The van der Waals surface area contributed by atoms with E-state index < -0.39 is 41.5 Å². The first-order valence-electron chi connectivity index (χ1n) is 6.91. The molecule has 2 bridgehead atoms. The van der Waals surface area contributed by atoms with Crippen LogP contribution in [-0.4, -0.2) is 24.9 Å². The maximum Gasteiger partial charge on any atom is 0.406 e. The Kier molecular flexibility index (Phi) is 4.02. The number of hydrogen-bond acceptors (Lipinski definition) is 2. The summed E-state index contributed by atoms with van der Waals surface area (Å²) in [5, 5.41) is 0. The van der Waals surface area contributed by atoms with Gasteiger partial charge in [0.05, 0.1) is 12.5 Å². The Hall–Kier alpha value is -1.21. The zero-order valence-corrected chi connectivity index (χ0v) is 12.0. The van der Waals surface area contributed by atoms with Gasteiger partial charge in [0.25, 0.3) is 0 Å². The first-order chi connectivity index (χ1) is 9.92. The minimum Gasteiger partial charge on any atom is -0.465 e. The summed E-state index contributed by atoms with van der Waals surface area (Å²) < 4.78 is 85.2. The van der Waals surface area contributed by atoms with Crippen molar-refractivity contribution in [3.05, 3.63) is 12.2 Å². The first kappa shape index (κ1) is 17.1. The Bertz CT molecular complexity index is 479. The van der Waals surface area contributed by atoms with E-state index in [0.29, 0.717) is 0 Å². The number of carbonyl (C=O) groups excluding carboxylic acids is 1. The Morgan fingerprint density at radius 3 is 2.27 bits per heavy atom. The third-order valence-corrected chi connectivity index (χ3v) is 4.33. The van der Waals surface area contributed by atoms with E-state index in [-0.39, 0.29) is 18.9 Å². The highest BCUT2D eigenvalue weighted by Gasteiger charge is 2.79. The maximum absolute atomic E-state index is 13.6. The van der Waals surface area contributed by atoms with Crippen LogP contribution >= 0.6 is 0 Å². The van der Waals surface area contributed by atoms with Gasteiger partial charge in [0.2, 0.25) is 0 Å². The fourth-order valence-electron chi connectivity index (χ4n) is 3.52. The lowest BCUT2D eigenvalue weighted by molar-refractivity contribution is -0.299. The molecule has 0 amide bonds. The van der Waals surface area contributed by atoms with Gasteiger partial charge in [0, 0.05) is 5.92 Å². The van der Waals surface area contributed by atoms with Gasteiger partial charge < -0.3 is 4.74 Å². The number of fused-ring (bicyclic) bond motifs is 2. The van der Waals surface area contributed by atoms with Crippen LogP contribution in [0.1, 0.15) is 20.3 Å². The van der Waals surface area contributed by atoms with E-state index in [1.807, 2.05) is 0 Å². The van der Waals surface area contributed by atoms with Crippen molar-refractivity contribution in [2.75, 3.05) is 6.61 Å². The van der Waals surface area contributed by atoms with Crippen molar-refractivity contribution in [2.45, 2.75) is 32.6 Å². The predicted octanol–water partition coefficient (Wildman–Crippen LogP) is 4.12. The highest BCUT2D eigenvalue weighted by Crippen LogP contribution is 2.67. The minimum atomic E-state index is -5.33. The van der Waals surface area contributed by atoms with Crippen LogP contribution in [0.5, 0.6) is 0 Å². The molecular formula is C14H16F6O2. The summed E-state index contributed by atoms with van der Waals surface area (Å²) in [7, 11) is 0. The highest BCUT2D eigenvalue weighted by atomic mass is 19.4. The van der Waals surface area contributed by atoms with Crippen molar-refractivity contribution in [3.63, 3.8) is 0 Å². The Labute approximate surface area is 123 Å². The van der Waals surface area contributed by atoms with Crippen LogP contribution in [0.3, 0.4) is 0 Å². The molecule has 2 aliphatic rings. The SMILES string of the molecule is CC(C)COC(=O)C1(C(F)(F)F)C2C=CC(C2)C1C(F)(F)F. The van der Waals surface area contributed by atoms with E-state index >= 15 is 0 Å². The molecule has 4 atom stereocenters. The number of alkyl halides is 6. The molecule has 0 saturated heterocycles. The molecule has 22 heavy (non-hydrogen) atoms. The van der Waals surface area contributed by atoms with Gasteiger partial charge in [-0.05, 0) is 18.3 Å². The smallest absolute Gasteiger partial charge is 0.406 e. The molecule has 0 aliphatic heterocycles. The molecule has 1 saturated carbocycles. The molecule has 0 N–H and O–H groups in total. The normalized spacial score (nSPS) is 34.5. The average molecular weight is 330 g/mol. The molecule has 0 heterocycles. The molecule has 0 spiro atoms. The van der Waals surface area contributed by atoms with E-state index in [9.17, 15) is 31.1 Å². The summed E-state index contributed by atoms with van der Waals surface area (Å²) in [5.41, 5.74) is -3.53. The van der Waals surface area contributed by atoms with Crippen LogP contribution in [0, 0.1) is 29.1 Å². The molecule has 0 aromatic rings. The van der Waals surface area contributed by atoms with Gasteiger partial charge in [-0.1, -0.05) is 26.0 Å². The molecule has 0 radical (unpaired) electrons. The van der Waals surface area contributed by atoms with Crippen molar-refractivity contribution in [2.24, 2.45) is 29.1 Å². The van der Waals surface area contributed by atoms with E-state index in [1.165, 1.54) is 0 Å². The summed E-state index contributed by atoms with van der Waals surface area (Å²) >= 11 is 0. The summed E-state index contributed by atoms with van der Waals surface area (Å²) in [4.78, 5) is 12.1. The zero-order chi connectivity index (χ0) is 16.9. The van der Waals surface area contributed by atoms with Gasteiger partial charge in [0.1, 0.15) is 0 Å². The lowest BCUT2D eigenvalue weighted by Gasteiger charge is -2.41. The van der Waals surface area contributed by atoms with Crippen LogP contribution in [0.4, 0.5) is 26.3 Å². The molecule has 4 unspecified atom stereocenters. The number of carbonyl (C=O) groups is 1. The van der Waals surface area contributed by atoms with Crippen molar-refractivity contribution < 1.29 is 35.9 Å². The molecular weight excluding hydrogens is 314 g/mol. The largest absolute Gasteiger partial charge is 0.465 e. The number of rotatable bonds is 3. The van der Waals surface area contributed by atoms with Gasteiger partial charge in [-0.25, -0.2) is 0 Å². The van der Waals surface area contributed by atoms with Gasteiger partial charge >= 0.3 is 18.3 Å². The Morgan fingerprint density at radius 1 is 1.23 bits per heavy atom. The quantitative estimate of drug-likeness (QED) is 0.442. The number of halogens is 6. The molecule has 2 rings (SSSR count). The number of esters is 1. The Balaban J connectivity index is 2.49. The third-order valence-electron chi connectivity index (χ3n) is 4.33. The summed E-state index contributed by atoms with van der Waals surface area (Å²) in [5.74, 6) is -7.72. The second-order valence-electron chi connectivity index (χ2n) is 6.27. The molecule has 0 aromatic carbocycles. The van der Waals surface area contributed by atoms with E-state index in [0.717, 1.165) is 12.2 Å². The van der Waals surface area contributed by atoms with E-state index in [2.05, 4.69) is 4.74 Å². The Morgan fingerprint density at radius 2 is 1.82 bits per heavy atom. The van der Waals surface area contributed by atoms with Crippen molar-refractivity contribution in [1.29, 1.82) is 0 Å². The lowest BCUT2D eigenvalue weighted by Crippen LogP contribution is -2.58. The molecule has 126 valence electrons. The monoisotopic (exact) mass is 330 g/mol.